The van der Waals surface area contributed by atoms with Crippen molar-refractivity contribution in [2.45, 2.75) is 26.7 Å². The molecule has 0 heterocycles. The molecule has 0 saturated heterocycles. The lowest BCUT2D eigenvalue weighted by Gasteiger charge is -2.20. The van der Waals surface area contributed by atoms with Crippen LogP contribution < -0.4 is 5.32 Å². The molecule has 0 radical (unpaired) electrons. The molecule has 76 valence electrons. The summed E-state index contributed by atoms with van der Waals surface area (Å²) in [7, 11) is 0. The van der Waals surface area contributed by atoms with Gasteiger partial charge in [0, 0.05) is 16.8 Å². The molecule has 0 atom stereocenters. The molecule has 0 aromatic rings. The molecule has 1 rings (SSSR count). The quantitative estimate of drug-likeness (QED) is 0.515. The van der Waals surface area contributed by atoms with Gasteiger partial charge in [-0.3, -0.25) is 0 Å². The van der Waals surface area contributed by atoms with Gasteiger partial charge in [0.25, 0.3) is 0 Å². The van der Waals surface area contributed by atoms with Crippen molar-refractivity contribution < 1.29 is 0 Å². The van der Waals surface area contributed by atoms with Crippen molar-refractivity contribution in [3.05, 3.63) is 48.9 Å². The Morgan fingerprint density at radius 1 is 1.29 bits per heavy atom. The van der Waals surface area contributed by atoms with Crippen LogP contribution in [-0.4, -0.2) is 0 Å². The van der Waals surface area contributed by atoms with Crippen molar-refractivity contribution in [3.63, 3.8) is 0 Å². The fourth-order valence-corrected chi connectivity index (χ4v) is 1.69. The maximum atomic E-state index is 4.09. The SMILES string of the molecule is C=C/C=C(\C)NC(=C)C1(C(=C)C)CC1. The van der Waals surface area contributed by atoms with E-state index in [-0.39, 0.29) is 5.41 Å². The first kappa shape index (κ1) is 10.8. The second kappa shape index (κ2) is 3.87. The second-order valence-corrected chi connectivity index (χ2v) is 4.05. The highest BCUT2D eigenvalue weighted by Gasteiger charge is 2.46. The number of hydrogen-bond acceptors (Lipinski definition) is 1. The van der Waals surface area contributed by atoms with E-state index < -0.39 is 0 Å². The van der Waals surface area contributed by atoms with Gasteiger partial charge >= 0.3 is 0 Å². The highest BCUT2D eigenvalue weighted by molar-refractivity contribution is 5.33. The van der Waals surface area contributed by atoms with Crippen molar-refractivity contribution in [2.75, 3.05) is 0 Å². The molecule has 1 nitrogen and oxygen atoms in total. The van der Waals surface area contributed by atoms with Gasteiger partial charge in [-0.15, -0.1) is 0 Å². The first-order chi connectivity index (χ1) is 6.53. The van der Waals surface area contributed by atoms with Gasteiger partial charge in [-0.1, -0.05) is 31.4 Å². The molecule has 1 heteroatoms. The molecule has 1 fully saturated rings. The fraction of sp³-hybridized carbons (Fsp3) is 0.385. The first-order valence-electron chi connectivity index (χ1n) is 4.94. The molecule has 0 aromatic carbocycles. The fourth-order valence-electron chi connectivity index (χ4n) is 1.69. The second-order valence-electron chi connectivity index (χ2n) is 4.05. The van der Waals surface area contributed by atoms with Gasteiger partial charge in [0.1, 0.15) is 0 Å². The minimum Gasteiger partial charge on any atom is -0.362 e. The standard InChI is InChI=1S/C13H19N/c1-6-7-11(4)14-12(5)13(8-9-13)10(2)3/h6-7,14H,1-2,5,8-9H2,3-4H3/b11-7+. The molecular weight excluding hydrogens is 170 g/mol. The molecule has 0 bridgehead atoms. The molecule has 1 aliphatic rings. The van der Waals surface area contributed by atoms with E-state index in [1.807, 2.05) is 13.0 Å². The Morgan fingerprint density at radius 2 is 1.86 bits per heavy atom. The maximum absolute atomic E-state index is 4.09. The van der Waals surface area contributed by atoms with E-state index in [0.29, 0.717) is 0 Å². The number of rotatable bonds is 5. The third-order valence-corrected chi connectivity index (χ3v) is 2.86. The molecule has 1 N–H and O–H groups in total. The third kappa shape index (κ3) is 1.98. The number of nitrogens with one attached hydrogen (secondary N) is 1. The van der Waals surface area contributed by atoms with Gasteiger partial charge in [0.2, 0.25) is 0 Å². The summed E-state index contributed by atoms with van der Waals surface area (Å²) in [5, 5.41) is 3.30. The van der Waals surface area contributed by atoms with E-state index in [9.17, 15) is 0 Å². The Hall–Kier alpha value is -1.24. The molecule has 1 aliphatic carbocycles. The molecule has 1 saturated carbocycles. The van der Waals surface area contributed by atoms with E-state index >= 15 is 0 Å². The van der Waals surface area contributed by atoms with Gasteiger partial charge < -0.3 is 5.32 Å². The summed E-state index contributed by atoms with van der Waals surface area (Å²) in [6.07, 6.45) is 6.07. The average molecular weight is 189 g/mol. The highest BCUT2D eigenvalue weighted by Crippen LogP contribution is 2.55. The van der Waals surface area contributed by atoms with Crippen LogP contribution in [0.5, 0.6) is 0 Å². The van der Waals surface area contributed by atoms with Gasteiger partial charge in [-0.25, -0.2) is 0 Å². The van der Waals surface area contributed by atoms with Crippen LogP contribution in [0.15, 0.2) is 48.9 Å². The predicted octanol–water partition coefficient (Wildman–Crippen LogP) is 3.54. The molecule has 0 spiro atoms. The van der Waals surface area contributed by atoms with Gasteiger partial charge in [0.15, 0.2) is 0 Å². The summed E-state index contributed by atoms with van der Waals surface area (Å²) in [4.78, 5) is 0. The van der Waals surface area contributed by atoms with Crippen LogP contribution in [0.25, 0.3) is 0 Å². The van der Waals surface area contributed by atoms with E-state index in [1.165, 1.54) is 18.4 Å². The van der Waals surface area contributed by atoms with E-state index in [4.69, 9.17) is 0 Å². The summed E-state index contributed by atoms with van der Waals surface area (Å²) in [6.45, 7) is 15.9. The zero-order chi connectivity index (χ0) is 10.8. The monoisotopic (exact) mass is 189 g/mol. The van der Waals surface area contributed by atoms with Crippen LogP contribution >= 0.6 is 0 Å². The molecule has 0 aliphatic heterocycles. The molecule has 14 heavy (non-hydrogen) atoms. The Labute approximate surface area is 86.9 Å². The lowest BCUT2D eigenvalue weighted by atomic mass is 9.95. The lowest BCUT2D eigenvalue weighted by Crippen LogP contribution is -2.19. The summed E-state index contributed by atoms with van der Waals surface area (Å²) < 4.78 is 0. The van der Waals surface area contributed by atoms with Gasteiger partial charge in [0.05, 0.1) is 0 Å². The molecule has 0 amide bonds. The highest BCUT2D eigenvalue weighted by atomic mass is 14.9. The number of allylic oxidation sites excluding steroid dienone is 4. The lowest BCUT2D eigenvalue weighted by molar-refractivity contribution is 0.669. The number of hydrogen-bond donors (Lipinski definition) is 1. The van der Waals surface area contributed by atoms with Crippen molar-refractivity contribution >= 4 is 0 Å². The summed E-state index contributed by atoms with van der Waals surface area (Å²) in [5.74, 6) is 0. The van der Waals surface area contributed by atoms with E-state index in [1.54, 1.807) is 6.08 Å². The zero-order valence-corrected chi connectivity index (χ0v) is 9.19. The molecular formula is C13H19N. The van der Waals surface area contributed by atoms with Crippen molar-refractivity contribution in [3.8, 4) is 0 Å². The third-order valence-electron chi connectivity index (χ3n) is 2.86. The summed E-state index contributed by atoms with van der Waals surface area (Å²) >= 11 is 0. The normalized spacial score (nSPS) is 18.6. The van der Waals surface area contributed by atoms with Crippen LogP contribution in [0.4, 0.5) is 0 Å². The van der Waals surface area contributed by atoms with Crippen LogP contribution in [-0.2, 0) is 0 Å². The Kier molecular flexibility index (Phi) is 3.00. The van der Waals surface area contributed by atoms with E-state index in [2.05, 4.69) is 32.0 Å². The Bertz CT molecular complexity index is 303. The zero-order valence-electron chi connectivity index (χ0n) is 9.19. The predicted molar refractivity (Wildman–Crippen MR) is 62.7 cm³/mol. The van der Waals surface area contributed by atoms with Crippen molar-refractivity contribution in [2.24, 2.45) is 5.41 Å². The smallest absolute Gasteiger partial charge is 0.0302 e. The van der Waals surface area contributed by atoms with Crippen LogP contribution in [0.3, 0.4) is 0 Å². The summed E-state index contributed by atoms with van der Waals surface area (Å²) in [5.41, 5.74) is 3.52. The first-order valence-corrected chi connectivity index (χ1v) is 4.94. The van der Waals surface area contributed by atoms with Crippen LogP contribution in [0.2, 0.25) is 0 Å². The Morgan fingerprint density at radius 3 is 2.21 bits per heavy atom. The van der Waals surface area contributed by atoms with Crippen LogP contribution in [0, 0.1) is 5.41 Å². The Balaban J connectivity index is 2.64. The molecule has 0 unspecified atom stereocenters. The minimum atomic E-state index is 0.163. The largest absolute Gasteiger partial charge is 0.362 e. The van der Waals surface area contributed by atoms with Crippen LogP contribution in [0.1, 0.15) is 26.7 Å². The maximum Gasteiger partial charge on any atom is 0.0302 e. The summed E-state index contributed by atoms with van der Waals surface area (Å²) in [6, 6.07) is 0. The topological polar surface area (TPSA) is 12.0 Å². The van der Waals surface area contributed by atoms with E-state index in [0.717, 1.165) is 11.4 Å². The van der Waals surface area contributed by atoms with Crippen molar-refractivity contribution in [1.82, 2.24) is 5.32 Å². The molecule has 0 aromatic heterocycles. The van der Waals surface area contributed by atoms with Crippen molar-refractivity contribution in [1.29, 1.82) is 0 Å². The van der Waals surface area contributed by atoms with Gasteiger partial charge in [-0.05, 0) is 32.8 Å². The average Bonchev–Trinajstić information content (AvgIpc) is 2.83. The van der Waals surface area contributed by atoms with Gasteiger partial charge in [-0.2, -0.15) is 0 Å². The minimum absolute atomic E-state index is 0.163.